The van der Waals surface area contributed by atoms with Gasteiger partial charge in [-0.1, -0.05) is 0 Å². The number of aliphatic hydroxyl groups is 1. The van der Waals surface area contributed by atoms with Crippen molar-refractivity contribution in [1.82, 2.24) is 0 Å². The maximum atomic E-state index is 11.0. The fourth-order valence-corrected chi connectivity index (χ4v) is 1.33. The van der Waals surface area contributed by atoms with Crippen LogP contribution in [0.4, 0.5) is 5.69 Å². The number of aliphatic hydroxyl groups excluding tert-OH is 1. The zero-order valence-electron chi connectivity index (χ0n) is 9.13. The van der Waals surface area contributed by atoms with Gasteiger partial charge < -0.3 is 15.2 Å². The number of nitrogens with one attached hydrogen (secondary N) is 1. The molecule has 0 spiro atoms. The van der Waals surface area contributed by atoms with E-state index in [2.05, 4.69) is 5.32 Å². The molecule has 4 heteroatoms. The fourth-order valence-electron chi connectivity index (χ4n) is 1.33. The number of rotatable bonds is 3. The largest absolute Gasteiger partial charge is 0.496 e. The SMILES string of the molecule is COc1cc(C)c(NC(=O)CO)cc1C. The highest BCUT2D eigenvalue weighted by molar-refractivity contribution is 5.92. The monoisotopic (exact) mass is 209 g/mol. The summed E-state index contributed by atoms with van der Waals surface area (Å²) in [6, 6.07) is 3.67. The first kappa shape index (κ1) is 11.5. The molecule has 15 heavy (non-hydrogen) atoms. The zero-order valence-corrected chi connectivity index (χ0v) is 9.13. The van der Waals surface area contributed by atoms with Gasteiger partial charge in [-0.3, -0.25) is 4.79 Å². The minimum absolute atomic E-state index is 0.414. The van der Waals surface area contributed by atoms with E-state index in [0.717, 1.165) is 16.9 Å². The van der Waals surface area contributed by atoms with Gasteiger partial charge in [0.05, 0.1) is 7.11 Å². The summed E-state index contributed by atoms with van der Waals surface area (Å²) in [6.07, 6.45) is 0. The second kappa shape index (κ2) is 4.79. The van der Waals surface area contributed by atoms with Crippen molar-refractivity contribution < 1.29 is 14.6 Å². The number of hydrogen-bond donors (Lipinski definition) is 2. The van der Waals surface area contributed by atoms with Crippen molar-refractivity contribution in [3.05, 3.63) is 23.3 Å². The summed E-state index contributed by atoms with van der Waals surface area (Å²) in [6.45, 7) is 3.26. The highest BCUT2D eigenvalue weighted by Gasteiger charge is 2.07. The van der Waals surface area contributed by atoms with Crippen LogP contribution in [0.5, 0.6) is 5.75 Å². The molecule has 0 heterocycles. The number of ether oxygens (including phenoxy) is 1. The minimum Gasteiger partial charge on any atom is -0.496 e. The van der Waals surface area contributed by atoms with Gasteiger partial charge in [-0.25, -0.2) is 0 Å². The van der Waals surface area contributed by atoms with Crippen LogP contribution in [0.25, 0.3) is 0 Å². The molecule has 0 saturated carbocycles. The fraction of sp³-hybridized carbons (Fsp3) is 0.364. The molecule has 0 aromatic heterocycles. The summed E-state index contributed by atoms with van der Waals surface area (Å²) < 4.78 is 5.15. The van der Waals surface area contributed by atoms with Crippen molar-refractivity contribution in [2.24, 2.45) is 0 Å². The third kappa shape index (κ3) is 2.70. The Balaban J connectivity index is 3.00. The van der Waals surface area contributed by atoms with Crippen molar-refractivity contribution in [1.29, 1.82) is 0 Å². The van der Waals surface area contributed by atoms with Crippen molar-refractivity contribution in [2.75, 3.05) is 19.0 Å². The molecule has 4 nitrogen and oxygen atoms in total. The molecule has 1 aromatic rings. The molecule has 1 aromatic carbocycles. The predicted octanol–water partition coefficient (Wildman–Crippen LogP) is 1.24. The molecule has 0 bridgehead atoms. The molecule has 82 valence electrons. The molecule has 2 N–H and O–H groups in total. The van der Waals surface area contributed by atoms with Gasteiger partial charge >= 0.3 is 0 Å². The Labute approximate surface area is 88.9 Å². The summed E-state index contributed by atoms with van der Waals surface area (Å²) in [7, 11) is 1.60. The molecule has 1 amide bonds. The molecule has 0 saturated heterocycles. The molecule has 1 rings (SSSR count). The molecule has 0 radical (unpaired) electrons. The first-order valence-corrected chi connectivity index (χ1v) is 4.64. The van der Waals surface area contributed by atoms with E-state index in [0.29, 0.717) is 5.69 Å². The number of amides is 1. The molecule has 0 fully saturated rings. The average molecular weight is 209 g/mol. The lowest BCUT2D eigenvalue weighted by Gasteiger charge is -2.11. The van der Waals surface area contributed by atoms with E-state index in [4.69, 9.17) is 9.84 Å². The lowest BCUT2D eigenvalue weighted by Crippen LogP contribution is -2.16. The smallest absolute Gasteiger partial charge is 0.250 e. The molecular formula is C11H15NO3. The Bertz CT molecular complexity index is 374. The van der Waals surface area contributed by atoms with Crippen LogP contribution >= 0.6 is 0 Å². The second-order valence-electron chi connectivity index (χ2n) is 3.34. The van der Waals surface area contributed by atoms with E-state index in [1.54, 1.807) is 7.11 Å². The van der Waals surface area contributed by atoms with Crippen LogP contribution < -0.4 is 10.1 Å². The van der Waals surface area contributed by atoms with E-state index < -0.39 is 12.5 Å². The van der Waals surface area contributed by atoms with E-state index in [1.807, 2.05) is 26.0 Å². The van der Waals surface area contributed by atoms with Crippen LogP contribution in [-0.2, 0) is 4.79 Å². The van der Waals surface area contributed by atoms with Crippen molar-refractivity contribution in [3.8, 4) is 5.75 Å². The van der Waals surface area contributed by atoms with Gasteiger partial charge in [0.25, 0.3) is 0 Å². The predicted molar refractivity (Wildman–Crippen MR) is 58.2 cm³/mol. The third-order valence-electron chi connectivity index (χ3n) is 2.16. The maximum Gasteiger partial charge on any atom is 0.250 e. The lowest BCUT2D eigenvalue weighted by atomic mass is 10.1. The Morgan fingerprint density at radius 2 is 2.07 bits per heavy atom. The van der Waals surface area contributed by atoms with Crippen molar-refractivity contribution in [3.63, 3.8) is 0 Å². The first-order valence-electron chi connectivity index (χ1n) is 4.64. The number of carbonyl (C=O) groups is 1. The Kier molecular flexibility index (Phi) is 3.68. The number of aryl methyl sites for hydroxylation is 2. The maximum absolute atomic E-state index is 11.0. The van der Waals surface area contributed by atoms with Gasteiger partial charge in [-0.05, 0) is 37.1 Å². The van der Waals surface area contributed by atoms with Crippen LogP contribution in [-0.4, -0.2) is 24.7 Å². The van der Waals surface area contributed by atoms with Crippen LogP contribution in [0.3, 0.4) is 0 Å². The highest BCUT2D eigenvalue weighted by atomic mass is 16.5. The summed E-state index contributed by atoms with van der Waals surface area (Å²) in [5.74, 6) is 0.372. The van der Waals surface area contributed by atoms with E-state index in [9.17, 15) is 4.79 Å². The summed E-state index contributed by atoms with van der Waals surface area (Å²) in [4.78, 5) is 11.0. The van der Waals surface area contributed by atoms with Gasteiger partial charge in [0.15, 0.2) is 0 Å². The summed E-state index contributed by atoms with van der Waals surface area (Å²) in [5.41, 5.74) is 2.54. The molecule has 0 aliphatic rings. The van der Waals surface area contributed by atoms with Crippen LogP contribution in [0.15, 0.2) is 12.1 Å². The van der Waals surface area contributed by atoms with E-state index in [1.165, 1.54) is 0 Å². The quantitative estimate of drug-likeness (QED) is 0.787. The minimum atomic E-state index is -0.509. The number of methoxy groups -OCH3 is 1. The average Bonchev–Trinajstić information content (AvgIpc) is 2.22. The Morgan fingerprint density at radius 3 is 2.60 bits per heavy atom. The zero-order chi connectivity index (χ0) is 11.4. The van der Waals surface area contributed by atoms with Crippen LogP contribution in [0, 0.1) is 13.8 Å². The van der Waals surface area contributed by atoms with Crippen LogP contribution in [0.1, 0.15) is 11.1 Å². The Hall–Kier alpha value is -1.55. The number of anilines is 1. The Morgan fingerprint density at radius 1 is 1.40 bits per heavy atom. The standard InChI is InChI=1S/C11H15NO3/c1-7-5-10(15-3)8(2)4-9(7)12-11(14)6-13/h4-5,13H,6H2,1-3H3,(H,12,14). The third-order valence-corrected chi connectivity index (χ3v) is 2.16. The van der Waals surface area contributed by atoms with Gasteiger partial charge in [-0.2, -0.15) is 0 Å². The number of carbonyl (C=O) groups excluding carboxylic acids is 1. The summed E-state index contributed by atoms with van der Waals surface area (Å²) >= 11 is 0. The van der Waals surface area contributed by atoms with Gasteiger partial charge in [0, 0.05) is 5.69 Å². The topological polar surface area (TPSA) is 58.6 Å². The molecule has 0 atom stereocenters. The normalized spacial score (nSPS) is 9.87. The number of hydrogen-bond acceptors (Lipinski definition) is 3. The van der Waals surface area contributed by atoms with Crippen molar-refractivity contribution in [2.45, 2.75) is 13.8 Å². The molecule has 0 aliphatic carbocycles. The van der Waals surface area contributed by atoms with Gasteiger partial charge in [-0.15, -0.1) is 0 Å². The van der Waals surface area contributed by atoms with Gasteiger partial charge in [0.2, 0.25) is 5.91 Å². The first-order chi connectivity index (χ1) is 7.08. The highest BCUT2D eigenvalue weighted by Crippen LogP contribution is 2.25. The van der Waals surface area contributed by atoms with Crippen LogP contribution in [0.2, 0.25) is 0 Å². The lowest BCUT2D eigenvalue weighted by molar-refractivity contribution is -0.118. The molecule has 0 unspecified atom stereocenters. The molecular weight excluding hydrogens is 194 g/mol. The van der Waals surface area contributed by atoms with Crippen molar-refractivity contribution >= 4 is 11.6 Å². The van der Waals surface area contributed by atoms with E-state index in [-0.39, 0.29) is 0 Å². The van der Waals surface area contributed by atoms with E-state index >= 15 is 0 Å². The summed E-state index contributed by atoms with van der Waals surface area (Å²) in [5, 5.41) is 11.2. The second-order valence-corrected chi connectivity index (χ2v) is 3.34. The molecule has 0 aliphatic heterocycles. The van der Waals surface area contributed by atoms with Gasteiger partial charge in [0.1, 0.15) is 12.4 Å². The number of benzene rings is 1.